The van der Waals surface area contributed by atoms with Crippen LogP contribution in [0.1, 0.15) is 24.3 Å². The van der Waals surface area contributed by atoms with Gasteiger partial charge in [0.2, 0.25) is 0 Å². The van der Waals surface area contributed by atoms with E-state index in [1.807, 2.05) is 12.1 Å². The molecule has 0 spiro atoms. The summed E-state index contributed by atoms with van der Waals surface area (Å²) in [6.45, 7) is 10.5. The van der Waals surface area contributed by atoms with Gasteiger partial charge in [-0.05, 0) is 19.9 Å². The lowest BCUT2D eigenvalue weighted by Gasteiger charge is -2.36. The van der Waals surface area contributed by atoms with Crippen molar-refractivity contribution in [3.05, 3.63) is 30.2 Å². The zero-order valence-corrected chi connectivity index (χ0v) is 14.3. The minimum absolute atomic E-state index is 0.375. The fraction of sp³-hybridized carbons (Fsp3) is 0.529. The fourth-order valence-electron chi connectivity index (χ4n) is 3.03. The first-order valence-corrected chi connectivity index (χ1v) is 8.40. The zero-order valence-electron chi connectivity index (χ0n) is 14.3. The van der Waals surface area contributed by atoms with Crippen LogP contribution in [0.4, 0.5) is 0 Å². The minimum Gasteiger partial charge on any atom is -0.492 e. The molecule has 3 heterocycles. The largest absolute Gasteiger partial charge is 0.492 e. The van der Waals surface area contributed by atoms with Gasteiger partial charge in [-0.2, -0.15) is 0 Å². The molecule has 1 saturated heterocycles. The molecule has 0 unspecified atom stereocenters. The van der Waals surface area contributed by atoms with Crippen molar-refractivity contribution in [2.75, 3.05) is 39.3 Å². The summed E-state index contributed by atoms with van der Waals surface area (Å²) >= 11 is 0. The van der Waals surface area contributed by atoms with Crippen molar-refractivity contribution in [3.63, 3.8) is 0 Å². The Bertz CT molecular complexity index is 704. The Morgan fingerprint density at radius 2 is 2.08 bits per heavy atom. The molecule has 130 valence electrons. The lowest BCUT2D eigenvalue weighted by molar-refractivity contribution is 0.0970. The van der Waals surface area contributed by atoms with E-state index in [2.05, 4.69) is 28.6 Å². The highest BCUT2D eigenvalue weighted by Crippen LogP contribution is 2.15. The van der Waals surface area contributed by atoms with E-state index in [0.717, 1.165) is 38.5 Å². The van der Waals surface area contributed by atoms with Crippen molar-refractivity contribution in [3.8, 4) is 5.75 Å². The second-order valence-corrected chi connectivity index (χ2v) is 6.42. The van der Waals surface area contributed by atoms with Crippen molar-refractivity contribution in [1.29, 1.82) is 0 Å². The Labute approximate surface area is 142 Å². The highest BCUT2D eigenvalue weighted by molar-refractivity contribution is 5.91. The van der Waals surface area contributed by atoms with Gasteiger partial charge in [0.25, 0.3) is 5.91 Å². The molecule has 7 heteroatoms. The van der Waals surface area contributed by atoms with Crippen LogP contribution in [0.25, 0.3) is 5.65 Å². The normalized spacial score (nSPS) is 16.8. The Morgan fingerprint density at radius 3 is 2.75 bits per heavy atom. The van der Waals surface area contributed by atoms with E-state index < -0.39 is 5.91 Å². The van der Waals surface area contributed by atoms with Crippen molar-refractivity contribution >= 4 is 11.6 Å². The standard InChI is InChI=1S/C17H25N5O2/c1-13(2)21-7-5-20(6-8-21)9-10-24-14-3-4-22-15(17(18)23)12-19-16(22)11-14/h3-4,11-13H,5-10H2,1-2H3,(H2,18,23). The lowest BCUT2D eigenvalue weighted by Crippen LogP contribution is -2.49. The molecule has 1 amide bonds. The van der Waals surface area contributed by atoms with Gasteiger partial charge in [0.15, 0.2) is 0 Å². The first-order chi connectivity index (χ1) is 11.5. The highest BCUT2D eigenvalue weighted by atomic mass is 16.5. The molecule has 7 nitrogen and oxygen atoms in total. The SMILES string of the molecule is CC(C)N1CCN(CCOc2ccn3c(C(N)=O)cnc3c2)CC1. The molecular formula is C17H25N5O2. The van der Waals surface area contributed by atoms with Gasteiger partial charge in [0, 0.05) is 51.0 Å². The molecule has 3 rings (SSSR count). The number of hydrogen-bond donors (Lipinski definition) is 1. The van der Waals surface area contributed by atoms with Crippen molar-refractivity contribution in [2.24, 2.45) is 5.73 Å². The molecule has 1 fully saturated rings. The van der Waals surface area contributed by atoms with Gasteiger partial charge in [-0.25, -0.2) is 4.98 Å². The van der Waals surface area contributed by atoms with Crippen LogP contribution in [-0.2, 0) is 0 Å². The highest BCUT2D eigenvalue weighted by Gasteiger charge is 2.18. The summed E-state index contributed by atoms with van der Waals surface area (Å²) in [5, 5.41) is 0. The molecule has 0 aromatic carbocycles. The first kappa shape index (κ1) is 16.7. The van der Waals surface area contributed by atoms with Crippen LogP contribution in [0.3, 0.4) is 0 Å². The molecule has 1 aliphatic rings. The van der Waals surface area contributed by atoms with Crippen LogP contribution in [0, 0.1) is 0 Å². The molecule has 0 atom stereocenters. The molecule has 0 radical (unpaired) electrons. The molecule has 0 aliphatic carbocycles. The number of carbonyl (C=O) groups is 1. The van der Waals surface area contributed by atoms with Gasteiger partial charge in [0.05, 0.1) is 6.20 Å². The van der Waals surface area contributed by atoms with E-state index in [-0.39, 0.29) is 0 Å². The summed E-state index contributed by atoms with van der Waals surface area (Å²) in [6.07, 6.45) is 3.24. The Morgan fingerprint density at radius 1 is 1.33 bits per heavy atom. The van der Waals surface area contributed by atoms with Crippen LogP contribution >= 0.6 is 0 Å². The number of hydrogen-bond acceptors (Lipinski definition) is 5. The van der Waals surface area contributed by atoms with Gasteiger partial charge < -0.3 is 10.5 Å². The average Bonchev–Trinajstić information content (AvgIpc) is 2.99. The summed E-state index contributed by atoms with van der Waals surface area (Å²) in [7, 11) is 0. The second-order valence-electron chi connectivity index (χ2n) is 6.42. The number of amides is 1. The van der Waals surface area contributed by atoms with Gasteiger partial charge in [-0.15, -0.1) is 0 Å². The summed E-state index contributed by atoms with van der Waals surface area (Å²) in [6, 6.07) is 4.27. The average molecular weight is 331 g/mol. The number of imidazole rings is 1. The maximum Gasteiger partial charge on any atom is 0.267 e. The van der Waals surface area contributed by atoms with E-state index in [1.54, 1.807) is 10.6 Å². The Hall–Kier alpha value is -2.12. The number of ether oxygens (including phenoxy) is 1. The minimum atomic E-state index is -0.489. The third kappa shape index (κ3) is 3.68. The second kappa shape index (κ2) is 7.19. The van der Waals surface area contributed by atoms with E-state index in [4.69, 9.17) is 10.5 Å². The van der Waals surface area contributed by atoms with Crippen LogP contribution in [0.5, 0.6) is 5.75 Å². The smallest absolute Gasteiger partial charge is 0.267 e. The quantitative estimate of drug-likeness (QED) is 0.849. The number of primary amides is 1. The van der Waals surface area contributed by atoms with Crippen LogP contribution in [-0.4, -0.2) is 70.5 Å². The summed E-state index contributed by atoms with van der Waals surface area (Å²) in [5.74, 6) is 0.265. The predicted octanol–water partition coefficient (Wildman–Crippen LogP) is 0.838. The summed E-state index contributed by atoms with van der Waals surface area (Å²) in [4.78, 5) is 20.4. The van der Waals surface area contributed by atoms with E-state index in [1.165, 1.54) is 6.20 Å². The van der Waals surface area contributed by atoms with E-state index in [0.29, 0.717) is 24.0 Å². The Kier molecular flexibility index (Phi) is 5.01. The van der Waals surface area contributed by atoms with Crippen LogP contribution < -0.4 is 10.5 Å². The van der Waals surface area contributed by atoms with Crippen LogP contribution in [0.15, 0.2) is 24.5 Å². The third-order valence-electron chi connectivity index (χ3n) is 4.55. The van der Waals surface area contributed by atoms with Crippen molar-refractivity contribution in [1.82, 2.24) is 19.2 Å². The van der Waals surface area contributed by atoms with Crippen LogP contribution in [0.2, 0.25) is 0 Å². The monoisotopic (exact) mass is 331 g/mol. The number of nitrogens with zero attached hydrogens (tertiary/aromatic N) is 4. The maximum atomic E-state index is 11.3. The maximum absolute atomic E-state index is 11.3. The molecular weight excluding hydrogens is 306 g/mol. The van der Waals surface area contributed by atoms with Gasteiger partial charge in [-0.3, -0.25) is 19.0 Å². The lowest BCUT2D eigenvalue weighted by atomic mass is 10.2. The number of aromatic nitrogens is 2. The zero-order chi connectivity index (χ0) is 17.1. The molecule has 0 saturated carbocycles. The van der Waals surface area contributed by atoms with Crippen molar-refractivity contribution in [2.45, 2.75) is 19.9 Å². The molecule has 0 bridgehead atoms. The molecule has 2 N–H and O–H groups in total. The number of pyridine rings is 1. The number of fused-ring (bicyclic) bond motifs is 1. The number of rotatable bonds is 6. The molecule has 1 aliphatic heterocycles. The third-order valence-corrected chi connectivity index (χ3v) is 4.55. The predicted molar refractivity (Wildman–Crippen MR) is 92.4 cm³/mol. The topological polar surface area (TPSA) is 76.1 Å². The molecule has 2 aromatic heterocycles. The molecule has 24 heavy (non-hydrogen) atoms. The Balaban J connectivity index is 1.50. The van der Waals surface area contributed by atoms with Gasteiger partial charge in [-0.1, -0.05) is 0 Å². The summed E-state index contributed by atoms with van der Waals surface area (Å²) in [5.41, 5.74) is 6.35. The van der Waals surface area contributed by atoms with E-state index in [9.17, 15) is 4.79 Å². The number of carbonyl (C=O) groups excluding carboxylic acids is 1. The number of nitrogens with two attached hydrogens (primary N) is 1. The van der Waals surface area contributed by atoms with Gasteiger partial charge >= 0.3 is 0 Å². The fourth-order valence-corrected chi connectivity index (χ4v) is 3.03. The number of piperazine rings is 1. The molecule has 2 aromatic rings. The van der Waals surface area contributed by atoms with Crippen molar-refractivity contribution < 1.29 is 9.53 Å². The first-order valence-electron chi connectivity index (χ1n) is 8.40. The van der Waals surface area contributed by atoms with Gasteiger partial charge in [0.1, 0.15) is 23.7 Å². The summed E-state index contributed by atoms with van der Waals surface area (Å²) < 4.78 is 7.50. The van der Waals surface area contributed by atoms with E-state index >= 15 is 0 Å².